The highest BCUT2D eigenvalue weighted by Crippen LogP contribution is 2.21. The number of aromatic nitrogens is 2. The van der Waals surface area contributed by atoms with Gasteiger partial charge in [-0.2, -0.15) is 5.10 Å². The monoisotopic (exact) mass is 205 g/mol. The summed E-state index contributed by atoms with van der Waals surface area (Å²) in [5, 5.41) is 4.15. The summed E-state index contributed by atoms with van der Waals surface area (Å²) < 4.78 is 15.2. The molecule has 2 aromatic rings. The van der Waals surface area contributed by atoms with E-state index in [9.17, 15) is 4.39 Å². The summed E-state index contributed by atoms with van der Waals surface area (Å²) in [5.41, 5.74) is 7.53. The Morgan fingerprint density at radius 3 is 2.80 bits per heavy atom. The zero-order valence-electron chi connectivity index (χ0n) is 8.44. The molecule has 78 valence electrons. The Labute approximate surface area is 87.3 Å². The second-order valence-corrected chi connectivity index (χ2v) is 3.39. The molecule has 0 saturated heterocycles. The lowest BCUT2D eigenvalue weighted by Crippen LogP contribution is -1.98. The molecule has 1 heterocycles. The maximum absolute atomic E-state index is 13.5. The molecule has 2 N–H and O–H groups in total. The van der Waals surface area contributed by atoms with Crippen molar-refractivity contribution in [1.82, 2.24) is 9.78 Å². The highest BCUT2D eigenvalue weighted by molar-refractivity contribution is 5.60. The fourth-order valence-corrected chi connectivity index (χ4v) is 1.45. The Balaban J connectivity index is 2.51. The van der Waals surface area contributed by atoms with Crippen LogP contribution < -0.4 is 5.73 Å². The SMILES string of the molecule is Cn1ccc(-c2cc(CN)ccc2F)n1. The second kappa shape index (κ2) is 3.82. The summed E-state index contributed by atoms with van der Waals surface area (Å²) in [4.78, 5) is 0. The number of benzene rings is 1. The number of rotatable bonds is 2. The highest BCUT2D eigenvalue weighted by Gasteiger charge is 2.08. The van der Waals surface area contributed by atoms with E-state index in [-0.39, 0.29) is 5.82 Å². The lowest BCUT2D eigenvalue weighted by Gasteiger charge is -2.02. The Morgan fingerprint density at radius 1 is 1.40 bits per heavy atom. The molecular weight excluding hydrogens is 193 g/mol. The molecule has 1 aromatic carbocycles. The van der Waals surface area contributed by atoms with Gasteiger partial charge < -0.3 is 5.73 Å². The quantitative estimate of drug-likeness (QED) is 0.810. The van der Waals surface area contributed by atoms with E-state index in [2.05, 4.69) is 5.10 Å². The van der Waals surface area contributed by atoms with Crippen LogP contribution in [0.3, 0.4) is 0 Å². The maximum atomic E-state index is 13.5. The van der Waals surface area contributed by atoms with Crippen molar-refractivity contribution in [3.63, 3.8) is 0 Å². The molecule has 0 spiro atoms. The van der Waals surface area contributed by atoms with Crippen LogP contribution in [0.5, 0.6) is 0 Å². The van der Waals surface area contributed by atoms with Crippen molar-refractivity contribution in [3.8, 4) is 11.3 Å². The van der Waals surface area contributed by atoms with Crippen molar-refractivity contribution in [2.24, 2.45) is 12.8 Å². The molecule has 4 heteroatoms. The molecule has 0 bridgehead atoms. The van der Waals surface area contributed by atoms with Crippen LogP contribution in [-0.4, -0.2) is 9.78 Å². The first kappa shape index (κ1) is 9.86. The molecule has 0 radical (unpaired) electrons. The van der Waals surface area contributed by atoms with E-state index in [1.807, 2.05) is 0 Å². The predicted octanol–water partition coefficient (Wildman–Crippen LogP) is 1.68. The third kappa shape index (κ3) is 1.89. The fraction of sp³-hybridized carbons (Fsp3) is 0.182. The van der Waals surface area contributed by atoms with Gasteiger partial charge in [-0.25, -0.2) is 4.39 Å². The van der Waals surface area contributed by atoms with Gasteiger partial charge in [0, 0.05) is 25.4 Å². The van der Waals surface area contributed by atoms with Crippen LogP contribution in [0.4, 0.5) is 4.39 Å². The van der Waals surface area contributed by atoms with Gasteiger partial charge >= 0.3 is 0 Å². The van der Waals surface area contributed by atoms with E-state index in [1.54, 1.807) is 36.1 Å². The van der Waals surface area contributed by atoms with Crippen molar-refractivity contribution in [2.75, 3.05) is 0 Å². The standard InChI is InChI=1S/C11H12FN3/c1-15-5-4-11(14-15)9-6-8(7-13)2-3-10(9)12/h2-6H,7,13H2,1H3. The number of hydrogen-bond donors (Lipinski definition) is 1. The molecule has 15 heavy (non-hydrogen) atoms. The molecule has 0 unspecified atom stereocenters. The van der Waals surface area contributed by atoms with Gasteiger partial charge in [-0.05, 0) is 23.8 Å². The first-order valence-corrected chi connectivity index (χ1v) is 4.69. The van der Waals surface area contributed by atoms with Crippen LogP contribution >= 0.6 is 0 Å². The summed E-state index contributed by atoms with van der Waals surface area (Å²) in [7, 11) is 1.80. The van der Waals surface area contributed by atoms with Gasteiger partial charge in [-0.3, -0.25) is 4.68 Å². The van der Waals surface area contributed by atoms with Gasteiger partial charge in [0.05, 0.1) is 5.69 Å². The first-order valence-electron chi connectivity index (χ1n) is 4.69. The van der Waals surface area contributed by atoms with Crippen LogP contribution in [0.1, 0.15) is 5.56 Å². The van der Waals surface area contributed by atoms with Crippen molar-refractivity contribution >= 4 is 0 Å². The lowest BCUT2D eigenvalue weighted by atomic mass is 10.1. The maximum Gasteiger partial charge on any atom is 0.132 e. The lowest BCUT2D eigenvalue weighted by molar-refractivity contribution is 0.629. The minimum atomic E-state index is -0.272. The number of nitrogens with two attached hydrogens (primary N) is 1. The van der Waals surface area contributed by atoms with Gasteiger partial charge in [0.2, 0.25) is 0 Å². The van der Waals surface area contributed by atoms with Gasteiger partial charge in [0.25, 0.3) is 0 Å². The topological polar surface area (TPSA) is 43.8 Å². The number of hydrogen-bond acceptors (Lipinski definition) is 2. The fourth-order valence-electron chi connectivity index (χ4n) is 1.45. The molecule has 3 nitrogen and oxygen atoms in total. The number of halogens is 1. The van der Waals surface area contributed by atoms with E-state index < -0.39 is 0 Å². The summed E-state index contributed by atoms with van der Waals surface area (Å²) >= 11 is 0. The Hall–Kier alpha value is -1.68. The second-order valence-electron chi connectivity index (χ2n) is 3.39. The molecule has 0 aliphatic heterocycles. The third-order valence-electron chi connectivity index (χ3n) is 2.26. The van der Waals surface area contributed by atoms with Crippen LogP contribution in [0.25, 0.3) is 11.3 Å². The van der Waals surface area contributed by atoms with Crippen molar-refractivity contribution in [1.29, 1.82) is 0 Å². The minimum Gasteiger partial charge on any atom is -0.326 e. The molecule has 0 amide bonds. The van der Waals surface area contributed by atoms with Gasteiger partial charge in [-0.1, -0.05) is 6.07 Å². The molecule has 0 atom stereocenters. The summed E-state index contributed by atoms with van der Waals surface area (Å²) in [6.45, 7) is 0.403. The van der Waals surface area contributed by atoms with E-state index in [4.69, 9.17) is 5.73 Å². The zero-order chi connectivity index (χ0) is 10.8. The summed E-state index contributed by atoms with van der Waals surface area (Å²) in [6, 6.07) is 6.62. The zero-order valence-corrected chi connectivity index (χ0v) is 8.44. The number of nitrogens with zero attached hydrogens (tertiary/aromatic N) is 2. The Morgan fingerprint density at radius 2 is 2.20 bits per heavy atom. The van der Waals surface area contributed by atoms with E-state index >= 15 is 0 Å². The molecule has 0 aliphatic carbocycles. The van der Waals surface area contributed by atoms with Crippen LogP contribution in [0.2, 0.25) is 0 Å². The molecule has 0 aliphatic rings. The largest absolute Gasteiger partial charge is 0.326 e. The molecule has 1 aromatic heterocycles. The normalized spacial score (nSPS) is 10.6. The van der Waals surface area contributed by atoms with Crippen LogP contribution in [0, 0.1) is 5.82 Å². The minimum absolute atomic E-state index is 0.272. The Kier molecular flexibility index (Phi) is 2.51. The average Bonchev–Trinajstić information content (AvgIpc) is 2.65. The van der Waals surface area contributed by atoms with Gasteiger partial charge in [0.15, 0.2) is 0 Å². The molecule has 0 fully saturated rings. The third-order valence-corrected chi connectivity index (χ3v) is 2.26. The van der Waals surface area contributed by atoms with Crippen LogP contribution in [0.15, 0.2) is 30.5 Å². The van der Waals surface area contributed by atoms with E-state index in [1.165, 1.54) is 6.07 Å². The van der Waals surface area contributed by atoms with Gasteiger partial charge in [0.1, 0.15) is 5.82 Å². The number of aryl methyl sites for hydroxylation is 1. The average molecular weight is 205 g/mol. The Bertz CT molecular complexity index is 476. The molecular formula is C11H12FN3. The molecule has 2 rings (SSSR count). The predicted molar refractivity (Wildman–Crippen MR) is 56.5 cm³/mol. The van der Waals surface area contributed by atoms with E-state index in [0.717, 1.165) is 5.56 Å². The van der Waals surface area contributed by atoms with Crippen molar-refractivity contribution in [2.45, 2.75) is 6.54 Å². The first-order chi connectivity index (χ1) is 7.20. The summed E-state index contributed by atoms with van der Waals surface area (Å²) in [5.74, 6) is -0.272. The van der Waals surface area contributed by atoms with Crippen molar-refractivity contribution < 1.29 is 4.39 Å². The smallest absolute Gasteiger partial charge is 0.132 e. The summed E-state index contributed by atoms with van der Waals surface area (Å²) in [6.07, 6.45) is 1.78. The van der Waals surface area contributed by atoms with E-state index in [0.29, 0.717) is 17.8 Å². The van der Waals surface area contributed by atoms with Crippen LogP contribution in [-0.2, 0) is 13.6 Å². The van der Waals surface area contributed by atoms with Gasteiger partial charge in [-0.15, -0.1) is 0 Å². The molecule has 0 saturated carbocycles. The highest BCUT2D eigenvalue weighted by atomic mass is 19.1. The van der Waals surface area contributed by atoms with Crippen molar-refractivity contribution in [3.05, 3.63) is 41.8 Å².